The van der Waals surface area contributed by atoms with E-state index in [4.69, 9.17) is 5.73 Å². The van der Waals surface area contributed by atoms with E-state index in [0.29, 0.717) is 13.1 Å². The van der Waals surface area contributed by atoms with Gasteiger partial charge in [0, 0.05) is 20.1 Å². The molecule has 1 aromatic rings. The summed E-state index contributed by atoms with van der Waals surface area (Å²) >= 11 is 0. The summed E-state index contributed by atoms with van der Waals surface area (Å²) in [6, 6.07) is 3.25. The van der Waals surface area contributed by atoms with Crippen LogP contribution in [0.5, 0.6) is 0 Å². The van der Waals surface area contributed by atoms with Gasteiger partial charge in [-0.1, -0.05) is 0 Å². The number of carbonyl (C=O) groups is 1. The van der Waals surface area contributed by atoms with Crippen molar-refractivity contribution in [2.75, 3.05) is 32.4 Å². The van der Waals surface area contributed by atoms with E-state index in [1.165, 1.54) is 24.1 Å². The SMILES string of the molecule is CCN(CC)C(=O)CN(C)S(=O)(=O)c1ccc(N)c(F)c1. The molecular weight excluding hydrogens is 297 g/mol. The molecule has 0 saturated carbocycles. The first-order valence-corrected chi connectivity index (χ1v) is 7.97. The van der Waals surface area contributed by atoms with Gasteiger partial charge < -0.3 is 10.6 Å². The fourth-order valence-corrected chi connectivity index (χ4v) is 2.93. The number of nitrogens with zero attached hydrogens (tertiary/aromatic N) is 2. The van der Waals surface area contributed by atoms with Gasteiger partial charge in [-0.15, -0.1) is 0 Å². The number of amides is 1. The van der Waals surface area contributed by atoms with Crippen LogP contribution in [0.15, 0.2) is 23.1 Å². The van der Waals surface area contributed by atoms with Gasteiger partial charge in [-0.2, -0.15) is 4.31 Å². The number of halogens is 1. The third kappa shape index (κ3) is 3.92. The number of hydrogen-bond acceptors (Lipinski definition) is 4. The lowest BCUT2D eigenvalue weighted by Crippen LogP contribution is -2.41. The van der Waals surface area contributed by atoms with Crippen molar-refractivity contribution in [2.45, 2.75) is 18.7 Å². The van der Waals surface area contributed by atoms with Crippen LogP contribution in [-0.4, -0.2) is 50.2 Å². The zero-order valence-electron chi connectivity index (χ0n) is 12.3. The second kappa shape index (κ2) is 6.86. The fraction of sp³-hybridized carbons (Fsp3) is 0.462. The van der Waals surface area contributed by atoms with Crippen LogP contribution in [0.4, 0.5) is 10.1 Å². The lowest BCUT2D eigenvalue weighted by Gasteiger charge is -2.23. The molecule has 1 amide bonds. The molecule has 118 valence electrons. The van der Waals surface area contributed by atoms with Crippen LogP contribution in [0.25, 0.3) is 0 Å². The second-order valence-electron chi connectivity index (χ2n) is 4.51. The van der Waals surface area contributed by atoms with Gasteiger partial charge in [0.05, 0.1) is 17.1 Å². The van der Waals surface area contributed by atoms with E-state index >= 15 is 0 Å². The predicted molar refractivity (Wildman–Crippen MR) is 78.6 cm³/mol. The van der Waals surface area contributed by atoms with Crippen LogP contribution in [-0.2, 0) is 14.8 Å². The summed E-state index contributed by atoms with van der Waals surface area (Å²) in [6.45, 7) is 4.33. The lowest BCUT2D eigenvalue weighted by molar-refractivity contribution is -0.130. The Morgan fingerprint density at radius 3 is 2.33 bits per heavy atom. The van der Waals surface area contributed by atoms with Gasteiger partial charge in [-0.25, -0.2) is 12.8 Å². The van der Waals surface area contributed by atoms with Gasteiger partial charge in [0.15, 0.2) is 0 Å². The van der Waals surface area contributed by atoms with E-state index in [0.717, 1.165) is 10.4 Å². The molecule has 0 radical (unpaired) electrons. The topological polar surface area (TPSA) is 83.7 Å². The molecule has 0 heterocycles. The highest BCUT2D eigenvalue weighted by Crippen LogP contribution is 2.19. The number of sulfonamides is 1. The van der Waals surface area contributed by atoms with Gasteiger partial charge in [0.1, 0.15) is 5.82 Å². The monoisotopic (exact) mass is 317 g/mol. The maximum Gasteiger partial charge on any atom is 0.243 e. The summed E-state index contributed by atoms with van der Waals surface area (Å²) in [7, 11) is -2.65. The van der Waals surface area contributed by atoms with Gasteiger partial charge in [-0.3, -0.25) is 4.79 Å². The van der Waals surface area contributed by atoms with Crippen LogP contribution >= 0.6 is 0 Å². The van der Waals surface area contributed by atoms with Crippen molar-refractivity contribution < 1.29 is 17.6 Å². The Labute approximate surface area is 124 Å². The third-order valence-corrected chi connectivity index (χ3v) is 4.95. The number of benzene rings is 1. The van der Waals surface area contributed by atoms with Crippen LogP contribution in [0.1, 0.15) is 13.8 Å². The van der Waals surface area contributed by atoms with Crippen molar-refractivity contribution in [3.63, 3.8) is 0 Å². The first-order chi connectivity index (χ1) is 9.73. The Bertz CT molecular complexity index is 615. The fourth-order valence-electron chi connectivity index (χ4n) is 1.80. The van der Waals surface area contributed by atoms with Crippen molar-refractivity contribution in [1.82, 2.24) is 9.21 Å². The summed E-state index contributed by atoms with van der Waals surface area (Å²) in [5.41, 5.74) is 5.19. The number of likely N-dealkylation sites (N-methyl/N-ethyl adjacent to an activating group) is 2. The molecule has 0 fully saturated rings. The van der Waals surface area contributed by atoms with Crippen molar-refractivity contribution in [3.05, 3.63) is 24.0 Å². The molecule has 0 spiro atoms. The first-order valence-electron chi connectivity index (χ1n) is 6.53. The van der Waals surface area contributed by atoms with Crippen molar-refractivity contribution >= 4 is 21.6 Å². The molecule has 21 heavy (non-hydrogen) atoms. The molecule has 6 nitrogen and oxygen atoms in total. The highest BCUT2D eigenvalue weighted by Gasteiger charge is 2.25. The normalized spacial score (nSPS) is 11.7. The number of anilines is 1. The van der Waals surface area contributed by atoms with Crippen LogP contribution in [0.3, 0.4) is 0 Å². The molecule has 0 atom stereocenters. The van der Waals surface area contributed by atoms with Crippen LogP contribution in [0.2, 0.25) is 0 Å². The first kappa shape index (κ1) is 17.4. The maximum atomic E-state index is 13.4. The molecular formula is C13H20FN3O3S. The Balaban J connectivity index is 2.96. The molecule has 0 aromatic heterocycles. The van der Waals surface area contributed by atoms with Gasteiger partial charge in [0.25, 0.3) is 0 Å². The van der Waals surface area contributed by atoms with Crippen molar-refractivity contribution in [1.29, 1.82) is 0 Å². The molecule has 8 heteroatoms. The minimum Gasteiger partial charge on any atom is -0.396 e. The minimum absolute atomic E-state index is 0.129. The van der Waals surface area contributed by atoms with Gasteiger partial charge in [0.2, 0.25) is 15.9 Å². The third-order valence-electron chi connectivity index (χ3n) is 3.15. The van der Waals surface area contributed by atoms with E-state index in [2.05, 4.69) is 0 Å². The highest BCUT2D eigenvalue weighted by atomic mass is 32.2. The largest absolute Gasteiger partial charge is 0.396 e. The Hall–Kier alpha value is -1.67. The average molecular weight is 317 g/mol. The van der Waals surface area contributed by atoms with E-state index in [1.807, 2.05) is 13.8 Å². The van der Waals surface area contributed by atoms with Crippen molar-refractivity contribution in [2.24, 2.45) is 0 Å². The standard InChI is InChI=1S/C13H20FN3O3S/c1-4-17(5-2)13(18)9-16(3)21(19,20)10-6-7-12(15)11(14)8-10/h6-8H,4-5,9,15H2,1-3H3. The molecule has 1 aromatic carbocycles. The quantitative estimate of drug-likeness (QED) is 0.790. The summed E-state index contributed by atoms with van der Waals surface area (Å²) < 4.78 is 38.8. The number of nitrogens with two attached hydrogens (primary N) is 1. The number of carbonyl (C=O) groups excluding carboxylic acids is 1. The molecule has 0 aliphatic heterocycles. The van der Waals surface area contributed by atoms with E-state index in [-0.39, 0.29) is 23.0 Å². The average Bonchev–Trinajstić information content (AvgIpc) is 2.42. The summed E-state index contributed by atoms with van der Waals surface area (Å²) in [6.07, 6.45) is 0. The number of rotatable bonds is 6. The summed E-state index contributed by atoms with van der Waals surface area (Å²) in [5, 5.41) is 0. The summed E-state index contributed by atoms with van der Waals surface area (Å²) in [4.78, 5) is 13.2. The highest BCUT2D eigenvalue weighted by molar-refractivity contribution is 7.89. The molecule has 2 N–H and O–H groups in total. The van der Waals surface area contributed by atoms with Gasteiger partial charge in [-0.05, 0) is 32.0 Å². The van der Waals surface area contributed by atoms with Crippen molar-refractivity contribution in [3.8, 4) is 0 Å². The molecule has 0 aliphatic rings. The maximum absolute atomic E-state index is 13.4. The molecule has 0 aliphatic carbocycles. The zero-order valence-corrected chi connectivity index (χ0v) is 13.2. The molecule has 0 saturated heterocycles. The van der Waals surface area contributed by atoms with Crippen LogP contribution < -0.4 is 5.73 Å². The number of nitrogen functional groups attached to an aromatic ring is 1. The molecule has 1 rings (SSSR count). The van der Waals surface area contributed by atoms with Crippen LogP contribution in [0, 0.1) is 5.82 Å². The molecule has 0 unspecified atom stereocenters. The zero-order chi connectivity index (χ0) is 16.2. The summed E-state index contributed by atoms with van der Waals surface area (Å²) in [5.74, 6) is -1.11. The lowest BCUT2D eigenvalue weighted by atomic mass is 10.3. The van der Waals surface area contributed by atoms with E-state index in [1.54, 1.807) is 0 Å². The smallest absolute Gasteiger partial charge is 0.243 e. The number of hydrogen-bond donors (Lipinski definition) is 1. The van der Waals surface area contributed by atoms with E-state index < -0.39 is 15.8 Å². The Morgan fingerprint density at radius 1 is 1.29 bits per heavy atom. The predicted octanol–water partition coefficient (Wildman–Crippen LogP) is 0.897. The van der Waals surface area contributed by atoms with Gasteiger partial charge >= 0.3 is 0 Å². The second-order valence-corrected chi connectivity index (χ2v) is 6.56. The van der Waals surface area contributed by atoms with E-state index in [9.17, 15) is 17.6 Å². The minimum atomic E-state index is -3.93. The molecule has 0 bridgehead atoms. The Kier molecular flexibility index (Phi) is 5.68. The Morgan fingerprint density at radius 2 is 1.86 bits per heavy atom.